The average molecular weight is 250 g/mol. The molecule has 0 radical (unpaired) electrons. The van der Waals surface area contributed by atoms with E-state index in [0.717, 1.165) is 39.8 Å². The maximum atomic E-state index is 11.1. The molecule has 2 aromatic heterocycles. The largest absolute Gasteiger partial charge is 0.317 e. The van der Waals surface area contributed by atoms with E-state index in [1.54, 1.807) is 6.20 Å². The topological polar surface area (TPSA) is 34.9 Å². The van der Waals surface area contributed by atoms with Crippen LogP contribution in [0.4, 0.5) is 0 Å². The van der Waals surface area contributed by atoms with Gasteiger partial charge in [0, 0.05) is 28.5 Å². The van der Waals surface area contributed by atoms with Crippen molar-refractivity contribution in [2.45, 2.75) is 13.8 Å². The first-order valence-electron chi connectivity index (χ1n) is 6.20. The summed E-state index contributed by atoms with van der Waals surface area (Å²) in [5.41, 5.74) is 4.77. The van der Waals surface area contributed by atoms with Crippen molar-refractivity contribution in [3.63, 3.8) is 0 Å². The van der Waals surface area contributed by atoms with Crippen LogP contribution in [0.5, 0.6) is 0 Å². The summed E-state index contributed by atoms with van der Waals surface area (Å²) in [6.07, 6.45) is 2.69. The van der Waals surface area contributed by atoms with Crippen LogP contribution in [-0.4, -0.2) is 15.8 Å². The lowest BCUT2D eigenvalue weighted by Gasteiger charge is -2.12. The van der Waals surface area contributed by atoms with Gasteiger partial charge < -0.3 is 4.57 Å². The highest BCUT2D eigenvalue weighted by Crippen LogP contribution is 2.25. The summed E-state index contributed by atoms with van der Waals surface area (Å²) in [5.74, 6) is 0. The van der Waals surface area contributed by atoms with Gasteiger partial charge in [-0.1, -0.05) is 6.07 Å². The van der Waals surface area contributed by atoms with Crippen LogP contribution in [0, 0.1) is 13.8 Å². The molecule has 0 bridgehead atoms. The normalized spacial score (nSPS) is 10.8. The first-order chi connectivity index (χ1) is 9.22. The zero-order chi connectivity index (χ0) is 13.4. The van der Waals surface area contributed by atoms with E-state index in [-0.39, 0.29) is 0 Å². The van der Waals surface area contributed by atoms with Crippen LogP contribution in [0.15, 0.2) is 42.6 Å². The van der Waals surface area contributed by atoms with Gasteiger partial charge in [0.2, 0.25) is 0 Å². The summed E-state index contributed by atoms with van der Waals surface area (Å²) in [7, 11) is 0. The van der Waals surface area contributed by atoms with Crippen molar-refractivity contribution in [3.8, 4) is 5.69 Å². The summed E-state index contributed by atoms with van der Waals surface area (Å²) in [6, 6.07) is 11.9. The third-order valence-electron chi connectivity index (χ3n) is 3.46. The van der Waals surface area contributed by atoms with Crippen molar-refractivity contribution < 1.29 is 4.79 Å². The van der Waals surface area contributed by atoms with E-state index in [1.165, 1.54) is 0 Å². The van der Waals surface area contributed by atoms with Crippen LogP contribution >= 0.6 is 0 Å². The molecule has 0 aliphatic heterocycles. The molecule has 0 unspecified atom stereocenters. The minimum atomic E-state index is 0.735. The molecule has 94 valence electrons. The predicted octanol–water partition coefficient (Wildman–Crippen LogP) is 3.45. The van der Waals surface area contributed by atoms with Crippen LogP contribution < -0.4 is 0 Å². The van der Waals surface area contributed by atoms with Gasteiger partial charge in [-0.15, -0.1) is 0 Å². The Bertz CT molecular complexity index is 766. The number of aromatic nitrogens is 2. The Morgan fingerprint density at radius 3 is 2.74 bits per heavy atom. The number of carbonyl (C=O) groups is 1. The quantitative estimate of drug-likeness (QED) is 0.653. The van der Waals surface area contributed by atoms with E-state index in [9.17, 15) is 4.79 Å². The highest BCUT2D eigenvalue weighted by atomic mass is 16.1. The molecule has 0 amide bonds. The number of aryl methyl sites for hydroxylation is 1. The summed E-state index contributed by atoms with van der Waals surface area (Å²) < 4.78 is 2.10. The zero-order valence-corrected chi connectivity index (χ0v) is 10.9. The van der Waals surface area contributed by atoms with Crippen LogP contribution in [0.25, 0.3) is 16.6 Å². The van der Waals surface area contributed by atoms with Crippen LogP contribution in [-0.2, 0) is 0 Å². The van der Waals surface area contributed by atoms with Gasteiger partial charge in [0.05, 0.1) is 11.2 Å². The summed E-state index contributed by atoms with van der Waals surface area (Å²) >= 11 is 0. The fraction of sp³-hybridized carbons (Fsp3) is 0.125. The maximum absolute atomic E-state index is 11.1. The van der Waals surface area contributed by atoms with Gasteiger partial charge in [0.15, 0.2) is 6.29 Å². The van der Waals surface area contributed by atoms with E-state index >= 15 is 0 Å². The van der Waals surface area contributed by atoms with E-state index in [0.29, 0.717) is 0 Å². The Labute approximate surface area is 111 Å². The number of aldehydes is 1. The average Bonchev–Trinajstić information content (AvgIpc) is 2.73. The number of rotatable bonds is 2. The second-order valence-corrected chi connectivity index (χ2v) is 4.63. The van der Waals surface area contributed by atoms with Crippen molar-refractivity contribution in [1.29, 1.82) is 0 Å². The highest BCUT2D eigenvalue weighted by Gasteiger charge is 2.12. The van der Waals surface area contributed by atoms with Crippen molar-refractivity contribution in [2.24, 2.45) is 0 Å². The molecule has 2 heterocycles. The van der Waals surface area contributed by atoms with Crippen LogP contribution in [0.3, 0.4) is 0 Å². The van der Waals surface area contributed by atoms with Crippen molar-refractivity contribution in [3.05, 3.63) is 59.5 Å². The number of hydrogen-bond acceptors (Lipinski definition) is 2. The molecule has 3 heteroatoms. The van der Waals surface area contributed by atoms with Crippen LogP contribution in [0.1, 0.15) is 21.7 Å². The Morgan fingerprint density at radius 2 is 2.00 bits per heavy atom. The lowest BCUT2D eigenvalue weighted by molar-refractivity contribution is 0.112. The molecule has 0 saturated heterocycles. The lowest BCUT2D eigenvalue weighted by Crippen LogP contribution is -2.00. The Hall–Kier alpha value is -2.42. The van der Waals surface area contributed by atoms with E-state index < -0.39 is 0 Å². The minimum Gasteiger partial charge on any atom is -0.317 e. The van der Waals surface area contributed by atoms with Gasteiger partial charge in [-0.25, -0.2) is 0 Å². The molecule has 0 aliphatic rings. The number of fused-ring (bicyclic) bond motifs is 1. The Kier molecular flexibility index (Phi) is 2.67. The molecule has 0 saturated carbocycles. The first-order valence-corrected chi connectivity index (χ1v) is 6.20. The minimum absolute atomic E-state index is 0.735. The standard InChI is InChI=1S/C16H14N2O/c1-11-9-13(10-19)12(2)18(11)16-7-3-6-15-14(16)5-4-8-17-15/h3-10H,1-2H3. The number of hydrogen-bond donors (Lipinski definition) is 0. The number of benzene rings is 1. The molecule has 0 spiro atoms. The molecule has 19 heavy (non-hydrogen) atoms. The summed E-state index contributed by atoms with van der Waals surface area (Å²) in [4.78, 5) is 15.4. The third-order valence-corrected chi connectivity index (χ3v) is 3.46. The van der Waals surface area contributed by atoms with Crippen molar-refractivity contribution in [2.75, 3.05) is 0 Å². The first kappa shape index (κ1) is 11.7. The molecular weight excluding hydrogens is 236 g/mol. The smallest absolute Gasteiger partial charge is 0.151 e. The van der Waals surface area contributed by atoms with Gasteiger partial charge in [0.1, 0.15) is 0 Å². The molecule has 3 aromatic rings. The number of nitrogens with zero attached hydrogens (tertiary/aromatic N) is 2. The summed E-state index contributed by atoms with van der Waals surface area (Å²) in [5, 5.41) is 1.09. The SMILES string of the molecule is Cc1cc(C=O)c(C)n1-c1cccc2ncccc12. The molecule has 0 N–H and O–H groups in total. The molecule has 0 aliphatic carbocycles. The molecule has 0 fully saturated rings. The molecule has 3 nitrogen and oxygen atoms in total. The number of carbonyl (C=O) groups excluding carboxylic acids is 1. The summed E-state index contributed by atoms with van der Waals surface area (Å²) in [6.45, 7) is 3.97. The second kappa shape index (κ2) is 4.35. The van der Waals surface area contributed by atoms with Crippen molar-refractivity contribution in [1.82, 2.24) is 9.55 Å². The Morgan fingerprint density at radius 1 is 1.16 bits per heavy atom. The monoisotopic (exact) mass is 250 g/mol. The van der Waals surface area contributed by atoms with E-state index in [4.69, 9.17) is 0 Å². The fourth-order valence-corrected chi connectivity index (χ4v) is 2.56. The highest BCUT2D eigenvalue weighted by molar-refractivity contribution is 5.88. The van der Waals surface area contributed by atoms with Gasteiger partial charge in [-0.3, -0.25) is 9.78 Å². The lowest BCUT2D eigenvalue weighted by atomic mass is 10.1. The maximum Gasteiger partial charge on any atom is 0.151 e. The van der Waals surface area contributed by atoms with Crippen molar-refractivity contribution >= 4 is 17.2 Å². The third kappa shape index (κ3) is 1.74. The fourth-order valence-electron chi connectivity index (χ4n) is 2.56. The molecule has 1 aromatic carbocycles. The predicted molar refractivity (Wildman–Crippen MR) is 75.9 cm³/mol. The van der Waals surface area contributed by atoms with Crippen LogP contribution in [0.2, 0.25) is 0 Å². The van der Waals surface area contributed by atoms with Gasteiger partial charge in [0.25, 0.3) is 0 Å². The van der Waals surface area contributed by atoms with E-state index in [2.05, 4.69) is 21.7 Å². The molecule has 0 atom stereocenters. The zero-order valence-electron chi connectivity index (χ0n) is 10.9. The van der Waals surface area contributed by atoms with E-state index in [1.807, 2.05) is 38.1 Å². The van der Waals surface area contributed by atoms with Gasteiger partial charge >= 0.3 is 0 Å². The second-order valence-electron chi connectivity index (χ2n) is 4.63. The molecule has 3 rings (SSSR count). The number of pyridine rings is 1. The van der Waals surface area contributed by atoms with Gasteiger partial charge in [-0.2, -0.15) is 0 Å². The molecular formula is C16H14N2O. The van der Waals surface area contributed by atoms with Gasteiger partial charge in [-0.05, 0) is 44.2 Å². The Balaban J connectivity index is 2.37.